The third-order valence-corrected chi connectivity index (χ3v) is 6.38. The van der Waals surface area contributed by atoms with Gasteiger partial charge in [0.05, 0.1) is 22.8 Å². The fourth-order valence-corrected chi connectivity index (χ4v) is 4.53. The molecule has 0 aliphatic rings. The fraction of sp³-hybridized carbons (Fsp3) is 0.219. The molecule has 1 amide bonds. The van der Waals surface area contributed by atoms with Gasteiger partial charge in [-0.25, -0.2) is 14.7 Å². The molecule has 0 N–H and O–H groups in total. The Labute approximate surface area is 238 Å². The number of amides is 1. The van der Waals surface area contributed by atoms with Crippen LogP contribution in [0.5, 0.6) is 11.6 Å². The van der Waals surface area contributed by atoms with Crippen molar-refractivity contribution in [2.75, 3.05) is 4.90 Å². The van der Waals surface area contributed by atoms with Gasteiger partial charge < -0.3 is 14.0 Å². The molecule has 0 atom stereocenters. The molecule has 0 aliphatic heterocycles. The molecule has 0 bridgehead atoms. The summed E-state index contributed by atoms with van der Waals surface area (Å²) in [4.78, 5) is 28.4. The van der Waals surface area contributed by atoms with Crippen molar-refractivity contribution in [2.45, 2.75) is 40.2 Å². The number of nitriles is 1. The number of hydrogen-bond acceptors (Lipinski definition) is 7. The number of anilines is 2. The van der Waals surface area contributed by atoms with Gasteiger partial charge in [-0.3, -0.25) is 4.98 Å². The van der Waals surface area contributed by atoms with E-state index >= 15 is 0 Å². The molecule has 3 heterocycles. The van der Waals surface area contributed by atoms with Crippen molar-refractivity contribution in [2.24, 2.45) is 7.05 Å². The quantitative estimate of drug-likeness (QED) is 0.226. The van der Waals surface area contributed by atoms with Gasteiger partial charge in [-0.2, -0.15) is 10.2 Å². The van der Waals surface area contributed by atoms with E-state index in [9.17, 15) is 10.1 Å². The minimum atomic E-state index is -0.761. The van der Waals surface area contributed by atoms with Crippen molar-refractivity contribution >= 4 is 28.8 Å². The zero-order chi connectivity index (χ0) is 29.3. The summed E-state index contributed by atoms with van der Waals surface area (Å²) in [7, 11) is 1.89. The number of carbonyl (C=O) groups excluding carboxylic acids is 1. The maximum atomic E-state index is 13.5. The predicted octanol–water partition coefficient (Wildman–Crippen LogP) is 7.38. The maximum Gasteiger partial charge on any atom is 0.421 e. The summed E-state index contributed by atoms with van der Waals surface area (Å²) < 4.78 is 14.1. The topological polar surface area (TPSA) is 106 Å². The zero-order valence-corrected chi connectivity index (χ0v) is 23.8. The van der Waals surface area contributed by atoms with E-state index in [0.717, 1.165) is 22.3 Å². The number of hydrogen-bond donors (Lipinski definition) is 0. The molecule has 41 heavy (non-hydrogen) atoms. The minimum Gasteiger partial charge on any atom is -0.443 e. The number of rotatable bonds is 5. The largest absolute Gasteiger partial charge is 0.443 e. The van der Waals surface area contributed by atoms with Crippen LogP contribution in [0.3, 0.4) is 0 Å². The molecule has 3 aromatic heterocycles. The van der Waals surface area contributed by atoms with E-state index in [0.29, 0.717) is 33.9 Å². The van der Waals surface area contributed by atoms with Crippen LogP contribution in [0.1, 0.15) is 37.5 Å². The van der Waals surface area contributed by atoms with E-state index in [1.165, 1.54) is 4.90 Å². The standard InChI is InChI=1S/C32H30N6O3/c1-20-17-24(23-11-14-34-15-12-23)18-21(2)28(20)40-29-27-26(13-16-37(27)6)35-30(36-29)38(31(39)41-32(3,4)5)25-9-7-22(19-33)8-10-25/h7-18H,1-6H3. The molecule has 0 fully saturated rings. The third-order valence-electron chi connectivity index (χ3n) is 6.38. The van der Waals surface area contributed by atoms with Crippen LogP contribution in [-0.2, 0) is 11.8 Å². The number of fused-ring (bicyclic) bond motifs is 1. The summed E-state index contributed by atoms with van der Waals surface area (Å²) in [5.74, 6) is 1.04. The number of ether oxygens (including phenoxy) is 2. The Balaban J connectivity index is 1.63. The van der Waals surface area contributed by atoms with Gasteiger partial charge in [-0.15, -0.1) is 0 Å². The van der Waals surface area contributed by atoms with Gasteiger partial charge in [0, 0.05) is 25.6 Å². The van der Waals surface area contributed by atoms with Crippen LogP contribution >= 0.6 is 0 Å². The van der Waals surface area contributed by atoms with E-state index in [2.05, 4.69) is 23.2 Å². The van der Waals surface area contributed by atoms with Gasteiger partial charge >= 0.3 is 6.09 Å². The molecule has 9 nitrogen and oxygen atoms in total. The lowest BCUT2D eigenvalue weighted by molar-refractivity contribution is 0.0597. The summed E-state index contributed by atoms with van der Waals surface area (Å²) in [6, 6.07) is 18.6. The Kier molecular flexibility index (Phi) is 7.16. The Hall–Kier alpha value is -5.23. The average Bonchev–Trinajstić information content (AvgIpc) is 3.31. The predicted molar refractivity (Wildman–Crippen MR) is 157 cm³/mol. The summed E-state index contributed by atoms with van der Waals surface area (Å²) in [5, 5.41) is 9.27. The highest BCUT2D eigenvalue weighted by Crippen LogP contribution is 2.37. The molecule has 0 radical (unpaired) electrons. The lowest BCUT2D eigenvalue weighted by Gasteiger charge is -2.26. The SMILES string of the molecule is Cc1cc(-c2ccncc2)cc(C)c1Oc1nc(N(C(=O)OC(C)(C)C)c2ccc(C#N)cc2)nc2ccn(C)c12. The number of aryl methyl sites for hydroxylation is 3. The van der Waals surface area contributed by atoms with Gasteiger partial charge in [-0.1, -0.05) is 0 Å². The molecule has 2 aromatic carbocycles. The molecule has 5 aromatic rings. The molecule has 206 valence electrons. The first-order valence-corrected chi connectivity index (χ1v) is 13.1. The van der Waals surface area contributed by atoms with Gasteiger partial charge in [0.1, 0.15) is 16.9 Å². The molecule has 5 rings (SSSR count). The third kappa shape index (κ3) is 5.72. The van der Waals surface area contributed by atoms with E-state index in [1.807, 2.05) is 49.9 Å². The summed E-state index contributed by atoms with van der Waals surface area (Å²) in [6.07, 6.45) is 4.74. The first-order valence-electron chi connectivity index (χ1n) is 13.1. The van der Waals surface area contributed by atoms with Crippen molar-refractivity contribution in [3.63, 3.8) is 0 Å². The van der Waals surface area contributed by atoms with Crippen molar-refractivity contribution in [3.8, 4) is 28.8 Å². The number of aromatic nitrogens is 4. The molecular weight excluding hydrogens is 516 g/mol. The lowest BCUT2D eigenvalue weighted by Crippen LogP contribution is -2.34. The van der Waals surface area contributed by atoms with Crippen LogP contribution in [0.15, 0.2) is 73.2 Å². The van der Waals surface area contributed by atoms with Crippen LogP contribution in [0.2, 0.25) is 0 Å². The summed E-state index contributed by atoms with van der Waals surface area (Å²) in [6.45, 7) is 9.35. The Morgan fingerprint density at radius 3 is 2.22 bits per heavy atom. The number of benzene rings is 2. The molecule has 0 aliphatic carbocycles. The van der Waals surface area contributed by atoms with Crippen molar-refractivity contribution in [3.05, 3.63) is 89.9 Å². The van der Waals surface area contributed by atoms with Crippen LogP contribution in [0, 0.1) is 25.2 Å². The minimum absolute atomic E-state index is 0.0846. The van der Waals surface area contributed by atoms with Crippen LogP contribution < -0.4 is 9.64 Å². The lowest BCUT2D eigenvalue weighted by atomic mass is 10.0. The highest BCUT2D eigenvalue weighted by molar-refractivity contribution is 5.96. The molecule has 9 heteroatoms. The monoisotopic (exact) mass is 546 g/mol. The van der Waals surface area contributed by atoms with Crippen LogP contribution in [-0.4, -0.2) is 31.2 Å². The van der Waals surface area contributed by atoms with Crippen molar-refractivity contribution in [1.29, 1.82) is 5.26 Å². The van der Waals surface area contributed by atoms with Gasteiger partial charge in [0.2, 0.25) is 11.8 Å². The fourth-order valence-electron chi connectivity index (χ4n) is 4.53. The highest BCUT2D eigenvalue weighted by Gasteiger charge is 2.29. The Bertz CT molecular complexity index is 1760. The van der Waals surface area contributed by atoms with E-state index in [1.54, 1.807) is 57.4 Å². The smallest absolute Gasteiger partial charge is 0.421 e. The zero-order valence-electron chi connectivity index (χ0n) is 23.8. The summed E-state index contributed by atoms with van der Waals surface area (Å²) >= 11 is 0. The Morgan fingerprint density at radius 1 is 0.951 bits per heavy atom. The second kappa shape index (κ2) is 10.7. The van der Waals surface area contributed by atoms with E-state index in [-0.39, 0.29) is 5.95 Å². The molecule has 0 spiro atoms. The van der Waals surface area contributed by atoms with Crippen molar-refractivity contribution < 1.29 is 14.3 Å². The number of pyridine rings is 1. The number of carbonyl (C=O) groups is 1. The first kappa shape index (κ1) is 27.3. The maximum absolute atomic E-state index is 13.5. The summed E-state index contributed by atoms with van der Waals surface area (Å²) in [5.41, 5.74) is 5.39. The second-order valence-electron chi connectivity index (χ2n) is 10.7. The van der Waals surface area contributed by atoms with Gasteiger partial charge in [-0.05, 0) is 111 Å². The highest BCUT2D eigenvalue weighted by atomic mass is 16.6. The molecule has 0 unspecified atom stereocenters. The second-order valence-corrected chi connectivity index (χ2v) is 10.7. The molecular formula is C32H30N6O3. The van der Waals surface area contributed by atoms with Gasteiger partial charge in [0.15, 0.2) is 0 Å². The molecule has 0 saturated carbocycles. The van der Waals surface area contributed by atoms with E-state index in [4.69, 9.17) is 19.4 Å². The molecule has 0 saturated heterocycles. The van der Waals surface area contributed by atoms with Gasteiger partial charge in [0.25, 0.3) is 0 Å². The average molecular weight is 547 g/mol. The van der Waals surface area contributed by atoms with Crippen molar-refractivity contribution in [1.82, 2.24) is 19.5 Å². The van der Waals surface area contributed by atoms with Crippen LogP contribution in [0.4, 0.5) is 16.4 Å². The normalized spacial score (nSPS) is 11.2. The first-order chi connectivity index (χ1) is 19.5. The number of nitrogens with zero attached hydrogens (tertiary/aromatic N) is 6. The van der Waals surface area contributed by atoms with Crippen LogP contribution in [0.25, 0.3) is 22.2 Å². The van der Waals surface area contributed by atoms with E-state index < -0.39 is 11.7 Å². The Morgan fingerprint density at radius 2 is 1.61 bits per heavy atom.